The van der Waals surface area contributed by atoms with Crippen LogP contribution in [0.5, 0.6) is 0 Å². The highest BCUT2D eigenvalue weighted by atomic mass is 32.2. The maximum atomic E-state index is 12.3. The third kappa shape index (κ3) is 24.8. The Hall–Kier alpha value is -4.18. The molecule has 0 amide bonds. The molecule has 1 aromatic rings. The summed E-state index contributed by atoms with van der Waals surface area (Å²) in [7, 11) is -5.94. The van der Waals surface area contributed by atoms with Crippen LogP contribution in [0.15, 0.2) is 69.6 Å². The van der Waals surface area contributed by atoms with E-state index in [0.717, 1.165) is 16.5 Å². The van der Waals surface area contributed by atoms with Gasteiger partial charge in [0.2, 0.25) is 5.36 Å². The number of anilines is 1. The molecular weight excluding hydrogens is 1070 g/mol. The summed E-state index contributed by atoms with van der Waals surface area (Å²) in [4.78, 5) is 12.9. The van der Waals surface area contributed by atoms with E-state index in [2.05, 4.69) is 37.5 Å². The molecule has 0 radical (unpaired) electrons. The lowest BCUT2D eigenvalue weighted by atomic mass is 9.77. The standard InChI is InChI=1S/C56H86N2O19S2/c1-55(2,3)49-43-46(12-10-13-53-56(4,19-11-41-78(61,62)63)50-44-47(79(64,65)66)16-18-51(50)58(53)20-9-7-8-14-54(59)60)77-52-42-45(15-17-48(49)52)57(21-23-69-29-31-73-37-39-75-35-33-71-27-25-67-5)22-24-70-30-32-74-38-40-76-36-34-72-28-26-68-6/h10,12-13,15-18,42-44H,7-9,11,14,19-41H2,1-6H3,(H2-,59,60,61,62,63,64,65,66). The summed E-state index contributed by atoms with van der Waals surface area (Å²) in [5, 5.41) is 10.1. The second-order valence-corrected chi connectivity index (χ2v) is 22.9. The van der Waals surface area contributed by atoms with Crippen LogP contribution in [0.4, 0.5) is 5.69 Å². The van der Waals surface area contributed by atoms with Gasteiger partial charge in [-0.15, -0.1) is 0 Å². The number of carboxylic acids is 1. The number of unbranched alkanes of at least 4 members (excludes halogenated alkanes) is 2. The summed E-state index contributed by atoms with van der Waals surface area (Å²) in [5.41, 5.74) is 2.47. The largest absolute Gasteiger partial charge is 0.744 e. The van der Waals surface area contributed by atoms with Gasteiger partial charge in [-0.3, -0.25) is 9.35 Å². The predicted molar refractivity (Wildman–Crippen MR) is 297 cm³/mol. The Labute approximate surface area is 467 Å². The Morgan fingerprint density at radius 3 is 1.70 bits per heavy atom. The smallest absolute Gasteiger partial charge is 0.303 e. The van der Waals surface area contributed by atoms with Gasteiger partial charge in [-0.05, 0) is 91.6 Å². The fourth-order valence-electron chi connectivity index (χ4n) is 8.88. The summed E-state index contributed by atoms with van der Waals surface area (Å²) in [6.45, 7) is 17.9. The van der Waals surface area contributed by atoms with Crippen LogP contribution in [-0.2, 0) is 83.2 Å². The summed E-state index contributed by atoms with van der Waals surface area (Å²) in [6.07, 6.45) is 7.36. The van der Waals surface area contributed by atoms with Gasteiger partial charge in [-0.2, -0.15) is 8.42 Å². The number of aliphatic carboxylic acids is 1. The van der Waals surface area contributed by atoms with Crippen LogP contribution >= 0.6 is 0 Å². The molecule has 2 N–H and O–H groups in total. The summed E-state index contributed by atoms with van der Waals surface area (Å²) in [5.74, 6) is -0.252. The first-order valence-corrected chi connectivity index (χ1v) is 30.0. The molecular formula is C56H86N2O19S2. The Bertz CT molecular complexity index is 2560. The molecule has 1 aromatic carbocycles. The molecule has 2 heterocycles. The van der Waals surface area contributed by atoms with Crippen molar-refractivity contribution in [3.05, 3.63) is 82.6 Å². The van der Waals surface area contributed by atoms with E-state index in [1.807, 2.05) is 42.2 Å². The van der Waals surface area contributed by atoms with E-state index in [1.165, 1.54) is 12.1 Å². The second kappa shape index (κ2) is 35.6. The number of fused-ring (bicyclic) bond motifs is 2. The van der Waals surface area contributed by atoms with E-state index in [1.54, 1.807) is 20.3 Å². The van der Waals surface area contributed by atoms with E-state index < -0.39 is 42.3 Å². The number of ether oxygens (including phenoxy) is 10. The van der Waals surface area contributed by atoms with Gasteiger partial charge in [0.15, 0.2) is 13.1 Å². The van der Waals surface area contributed by atoms with E-state index >= 15 is 0 Å². The average Bonchev–Trinajstić information content (AvgIpc) is 3.91. The quantitative estimate of drug-likeness (QED) is 0.0387. The van der Waals surface area contributed by atoms with Gasteiger partial charge in [-0.1, -0.05) is 33.3 Å². The highest BCUT2D eigenvalue weighted by molar-refractivity contribution is 7.86. The van der Waals surface area contributed by atoms with Crippen molar-refractivity contribution < 1.29 is 87.6 Å². The number of hydrogen-bond donors (Lipinski definition) is 2. The maximum Gasteiger partial charge on any atom is 0.303 e. The molecule has 21 nitrogen and oxygen atoms in total. The number of allylic oxidation sites excluding steroid dienone is 3. The van der Waals surface area contributed by atoms with Gasteiger partial charge in [0.1, 0.15) is 34.9 Å². The Morgan fingerprint density at radius 2 is 1.22 bits per heavy atom. The molecule has 79 heavy (non-hydrogen) atoms. The Morgan fingerprint density at radius 1 is 0.696 bits per heavy atom. The minimum atomic E-state index is -4.86. The number of hydrogen-bond acceptors (Lipinski definition) is 18. The Kier molecular flexibility index (Phi) is 30.4. The molecule has 0 spiro atoms. The number of nitrogens with zero attached hydrogens (tertiary/aromatic N) is 2. The van der Waals surface area contributed by atoms with Crippen molar-refractivity contribution in [2.24, 2.45) is 0 Å². The van der Waals surface area contributed by atoms with Crippen LogP contribution in [-0.4, -0.2) is 196 Å². The monoisotopic (exact) mass is 1150 g/mol. The van der Waals surface area contributed by atoms with Gasteiger partial charge < -0.3 is 66.3 Å². The molecule has 446 valence electrons. The number of rotatable bonds is 43. The van der Waals surface area contributed by atoms with Crippen molar-refractivity contribution in [2.75, 3.05) is 163 Å². The van der Waals surface area contributed by atoms with Crippen molar-refractivity contribution in [1.29, 1.82) is 0 Å². The lowest BCUT2D eigenvalue weighted by Crippen LogP contribution is -2.36. The zero-order valence-electron chi connectivity index (χ0n) is 47.1. The molecule has 0 bridgehead atoms. The molecule has 0 saturated heterocycles. The summed E-state index contributed by atoms with van der Waals surface area (Å²) >= 11 is 0. The molecule has 0 saturated carbocycles. The van der Waals surface area contributed by atoms with E-state index in [4.69, 9.17) is 51.8 Å². The van der Waals surface area contributed by atoms with Gasteiger partial charge in [-0.25, -0.2) is 13.0 Å². The molecule has 3 aliphatic rings. The van der Waals surface area contributed by atoms with E-state index in [-0.39, 0.29) is 24.7 Å². The molecule has 4 rings (SSSR count). The first-order chi connectivity index (χ1) is 37.8. The highest BCUT2D eigenvalue weighted by Crippen LogP contribution is 2.51. The van der Waals surface area contributed by atoms with E-state index in [0.29, 0.717) is 186 Å². The average molecular weight is 1160 g/mol. The molecule has 23 heteroatoms. The molecule has 1 aliphatic carbocycles. The fraction of sp³-hybridized carbons (Fsp3) is 0.643. The number of carbonyl (C=O) groups is 1. The molecule has 2 aliphatic heterocycles. The SMILES string of the molecule is COCCOCCOCCOCCOCC[N+](CCOCCOCCOCCOCCOC)=c1ccc2c(C(C)(C)C)cc(/C=C/C=C3/N(CCCCCC(=O)O)c4ccc(S(=O)(=O)[O-])cc4C3(C)CCCS(=O)(=O)O)oc-2c1. The third-order valence-electron chi connectivity index (χ3n) is 12.9. The number of methoxy groups -OCH3 is 2. The minimum Gasteiger partial charge on any atom is -0.744 e. The van der Waals surface area contributed by atoms with Crippen LogP contribution in [0.1, 0.15) is 83.1 Å². The lowest BCUT2D eigenvalue weighted by Gasteiger charge is -2.30. The summed E-state index contributed by atoms with van der Waals surface area (Å²) < 4.78 is 135. The molecule has 0 aromatic heterocycles. The third-order valence-corrected chi connectivity index (χ3v) is 14.5. The van der Waals surface area contributed by atoms with Crippen molar-refractivity contribution >= 4 is 38.0 Å². The van der Waals surface area contributed by atoms with Crippen molar-refractivity contribution in [1.82, 2.24) is 4.58 Å². The number of benzene rings is 2. The van der Waals surface area contributed by atoms with Gasteiger partial charge in [0.05, 0.1) is 122 Å². The van der Waals surface area contributed by atoms with Gasteiger partial charge >= 0.3 is 5.97 Å². The van der Waals surface area contributed by atoms with Crippen molar-refractivity contribution in [3.63, 3.8) is 0 Å². The zero-order valence-corrected chi connectivity index (χ0v) is 48.8. The zero-order chi connectivity index (χ0) is 57.6. The first-order valence-electron chi connectivity index (χ1n) is 27.0. The highest BCUT2D eigenvalue weighted by Gasteiger charge is 2.43. The van der Waals surface area contributed by atoms with Crippen molar-refractivity contribution in [3.8, 4) is 11.3 Å². The maximum absolute atomic E-state index is 12.3. The van der Waals surface area contributed by atoms with Crippen LogP contribution < -0.4 is 14.8 Å². The van der Waals surface area contributed by atoms with Crippen LogP contribution in [0.2, 0.25) is 0 Å². The van der Waals surface area contributed by atoms with Crippen LogP contribution in [0.25, 0.3) is 17.4 Å². The molecule has 0 fully saturated rings. The van der Waals surface area contributed by atoms with E-state index in [9.17, 15) is 35.8 Å². The topological polar surface area (TPSA) is 261 Å². The predicted octanol–water partition coefficient (Wildman–Crippen LogP) is 5.77. The van der Waals surface area contributed by atoms with Crippen molar-refractivity contribution in [2.45, 2.75) is 81.9 Å². The first kappa shape index (κ1) is 67.3. The molecule has 1 unspecified atom stereocenters. The normalized spacial score (nSPS) is 15.5. The molecule has 1 atom stereocenters. The fourth-order valence-corrected chi connectivity index (χ4v) is 9.88. The minimum absolute atomic E-state index is 0.0111. The van der Waals surface area contributed by atoms with Gasteiger partial charge in [0.25, 0.3) is 10.1 Å². The number of carboxylic acid groups (broad SMARTS) is 1. The lowest BCUT2D eigenvalue weighted by molar-refractivity contribution is -0.137. The van der Waals surface area contributed by atoms with Crippen LogP contribution in [0, 0.1) is 0 Å². The summed E-state index contributed by atoms with van der Waals surface area (Å²) in [6, 6.07) is 12.3. The van der Waals surface area contributed by atoms with Crippen LogP contribution in [0.3, 0.4) is 0 Å². The Balaban J connectivity index is 1.61. The van der Waals surface area contributed by atoms with Gasteiger partial charge in [0, 0.05) is 55.6 Å². The second-order valence-electron chi connectivity index (χ2n) is 20.0.